The third-order valence-corrected chi connectivity index (χ3v) is 12.0. The lowest BCUT2D eigenvalue weighted by atomic mass is 9.76. The van der Waals surface area contributed by atoms with Crippen LogP contribution in [0.25, 0.3) is 32.9 Å². The van der Waals surface area contributed by atoms with Gasteiger partial charge in [-0.1, -0.05) is 13.0 Å². The van der Waals surface area contributed by atoms with Crippen LogP contribution in [0.5, 0.6) is 11.8 Å². The van der Waals surface area contributed by atoms with E-state index in [-0.39, 0.29) is 39.8 Å². The molecule has 2 spiro atoms. The van der Waals surface area contributed by atoms with E-state index < -0.39 is 5.82 Å². The Kier molecular flexibility index (Phi) is 7.48. The van der Waals surface area contributed by atoms with Crippen molar-refractivity contribution >= 4 is 27.5 Å². The van der Waals surface area contributed by atoms with Gasteiger partial charge in [-0.2, -0.15) is 9.97 Å². The fourth-order valence-corrected chi connectivity index (χ4v) is 8.62. The Morgan fingerprint density at radius 1 is 1.00 bits per heavy atom. The highest BCUT2D eigenvalue weighted by Crippen LogP contribution is 2.48. The SMILES string of the molecule is CCc1c(F)ccc2cc(O)cc(-c3ncc4c(N5CCC[C@]6(CCO6)C5)nc(OCC5(CN6CCC7(CC6)COC7)CC5)nc4c3F)c12. The molecule has 6 heterocycles. The van der Waals surface area contributed by atoms with E-state index in [0.29, 0.717) is 58.1 Å². The lowest BCUT2D eigenvalue weighted by Gasteiger charge is -2.48. The molecule has 0 unspecified atom stereocenters. The molecule has 0 bridgehead atoms. The summed E-state index contributed by atoms with van der Waals surface area (Å²) in [7, 11) is 0. The molecule has 2 aromatic carbocycles. The molecule has 49 heavy (non-hydrogen) atoms. The van der Waals surface area contributed by atoms with Crippen LogP contribution in [0.3, 0.4) is 0 Å². The lowest BCUT2D eigenvalue weighted by molar-refractivity contribution is -0.151. The first-order chi connectivity index (χ1) is 23.8. The zero-order chi connectivity index (χ0) is 33.4. The van der Waals surface area contributed by atoms with Crippen molar-refractivity contribution < 1.29 is 28.1 Å². The van der Waals surface area contributed by atoms with Crippen molar-refractivity contribution in [1.82, 2.24) is 19.9 Å². The minimum atomic E-state index is -0.654. The number of halogens is 2. The molecule has 11 heteroatoms. The van der Waals surface area contributed by atoms with Gasteiger partial charge in [-0.3, -0.25) is 4.98 Å². The molecule has 4 aliphatic heterocycles. The number of phenolic OH excluding ortho intramolecular Hbond substituents is 1. The highest BCUT2D eigenvalue weighted by Gasteiger charge is 2.48. The molecule has 4 saturated heterocycles. The van der Waals surface area contributed by atoms with E-state index in [1.807, 2.05) is 6.92 Å². The summed E-state index contributed by atoms with van der Waals surface area (Å²) in [6.07, 6.45) is 9.42. The summed E-state index contributed by atoms with van der Waals surface area (Å²) in [5, 5.41) is 12.3. The molecular weight excluding hydrogens is 628 g/mol. The summed E-state index contributed by atoms with van der Waals surface area (Å²) in [6.45, 7) is 9.40. The van der Waals surface area contributed by atoms with Gasteiger partial charge >= 0.3 is 6.01 Å². The van der Waals surface area contributed by atoms with E-state index in [1.165, 1.54) is 25.0 Å². The molecule has 258 valence electrons. The van der Waals surface area contributed by atoms with Gasteiger partial charge in [0.05, 0.1) is 37.4 Å². The number of aryl methyl sites for hydroxylation is 1. The van der Waals surface area contributed by atoms with Crippen molar-refractivity contribution in [3.63, 3.8) is 0 Å². The summed E-state index contributed by atoms with van der Waals surface area (Å²) in [4.78, 5) is 18.9. The number of likely N-dealkylation sites (tertiary alicyclic amines) is 1. The number of ether oxygens (including phenoxy) is 3. The maximum Gasteiger partial charge on any atom is 0.319 e. The van der Waals surface area contributed by atoms with Crippen molar-refractivity contribution in [3.8, 4) is 23.0 Å². The Bertz CT molecular complexity index is 1930. The van der Waals surface area contributed by atoms with E-state index in [4.69, 9.17) is 24.2 Å². The van der Waals surface area contributed by atoms with Gasteiger partial charge in [-0.05, 0) is 92.6 Å². The third kappa shape index (κ3) is 5.49. The average Bonchev–Trinajstić information content (AvgIpc) is 3.85. The Labute approximate surface area is 284 Å². The fraction of sp³-hybridized carbons (Fsp3) is 0.553. The highest BCUT2D eigenvalue weighted by atomic mass is 19.1. The summed E-state index contributed by atoms with van der Waals surface area (Å²) in [5.41, 5.74) is 1.09. The van der Waals surface area contributed by atoms with Crippen LogP contribution in [0.2, 0.25) is 0 Å². The van der Waals surface area contributed by atoms with Crippen LogP contribution in [0, 0.1) is 22.5 Å². The molecule has 9 rings (SSSR count). The smallest absolute Gasteiger partial charge is 0.319 e. The Balaban J connectivity index is 1.08. The van der Waals surface area contributed by atoms with E-state index in [2.05, 4.69) is 14.8 Å². The first-order valence-corrected chi connectivity index (χ1v) is 17.9. The zero-order valence-corrected chi connectivity index (χ0v) is 28.1. The largest absolute Gasteiger partial charge is 0.508 e. The fourth-order valence-electron chi connectivity index (χ4n) is 8.62. The van der Waals surface area contributed by atoms with Gasteiger partial charge in [0.15, 0.2) is 5.82 Å². The molecule has 1 atom stereocenters. The first kappa shape index (κ1) is 31.3. The number of pyridine rings is 1. The number of benzene rings is 2. The van der Waals surface area contributed by atoms with Crippen LogP contribution in [-0.2, 0) is 15.9 Å². The topological polar surface area (TPSA) is 93.1 Å². The predicted octanol–water partition coefficient (Wildman–Crippen LogP) is 6.42. The van der Waals surface area contributed by atoms with Gasteiger partial charge in [-0.25, -0.2) is 8.78 Å². The summed E-state index contributed by atoms with van der Waals surface area (Å²) in [6, 6.07) is 6.15. The minimum Gasteiger partial charge on any atom is -0.508 e. The van der Waals surface area contributed by atoms with Gasteiger partial charge in [0, 0.05) is 48.6 Å². The number of piperidine rings is 2. The second-order valence-corrected chi connectivity index (χ2v) is 15.3. The quantitative estimate of drug-likeness (QED) is 0.228. The molecule has 9 nitrogen and oxygen atoms in total. The molecular formula is C38H43F2N5O4. The van der Waals surface area contributed by atoms with Crippen LogP contribution < -0.4 is 9.64 Å². The number of nitrogens with zero attached hydrogens (tertiary/aromatic N) is 5. The lowest BCUT2D eigenvalue weighted by Crippen LogP contribution is -2.56. The number of anilines is 1. The molecule has 2 aromatic heterocycles. The van der Waals surface area contributed by atoms with Crippen molar-refractivity contribution in [1.29, 1.82) is 0 Å². The molecule has 0 radical (unpaired) electrons. The van der Waals surface area contributed by atoms with E-state index in [9.17, 15) is 5.11 Å². The van der Waals surface area contributed by atoms with E-state index in [1.54, 1.807) is 18.3 Å². The van der Waals surface area contributed by atoms with Crippen molar-refractivity contribution in [2.75, 3.05) is 64.1 Å². The second kappa shape index (κ2) is 11.7. The normalized spacial score (nSPS) is 24.3. The molecule has 5 fully saturated rings. The van der Waals surface area contributed by atoms with Gasteiger partial charge in [0.1, 0.15) is 28.6 Å². The number of phenols is 1. The van der Waals surface area contributed by atoms with Gasteiger partial charge in [0.25, 0.3) is 0 Å². The van der Waals surface area contributed by atoms with Gasteiger partial charge in [-0.15, -0.1) is 0 Å². The van der Waals surface area contributed by atoms with Crippen molar-refractivity contribution in [2.45, 2.75) is 63.9 Å². The molecule has 1 aliphatic carbocycles. The van der Waals surface area contributed by atoms with Crippen molar-refractivity contribution in [3.05, 3.63) is 47.7 Å². The second-order valence-electron chi connectivity index (χ2n) is 15.3. The first-order valence-electron chi connectivity index (χ1n) is 17.9. The van der Waals surface area contributed by atoms with Crippen LogP contribution in [0.1, 0.15) is 57.4 Å². The standard InChI is InChI=1S/C38H43F2N5O4/c1-2-26-29(39)5-4-24-16-25(46)17-27(30(24)26)32-31(40)33-28(18-41-32)34(45-12-3-6-38(20-45)11-15-49-38)43-35(42-33)48-23-36(7-8-36)19-44-13-9-37(10-14-44)21-47-22-37/h4-5,16-18,46H,2-3,6-15,19-23H2,1H3/t38-/m0/s1. The van der Waals surface area contributed by atoms with Crippen molar-refractivity contribution in [2.24, 2.45) is 10.8 Å². The maximum atomic E-state index is 17.0. The molecule has 1 N–H and O–H groups in total. The Morgan fingerprint density at radius 2 is 1.82 bits per heavy atom. The number of aromatic hydroxyl groups is 1. The molecule has 0 amide bonds. The Hall–Kier alpha value is -3.67. The number of hydrogen-bond acceptors (Lipinski definition) is 9. The van der Waals surface area contributed by atoms with Crippen LogP contribution in [-0.4, -0.2) is 89.7 Å². The highest BCUT2D eigenvalue weighted by molar-refractivity contribution is 6.01. The summed E-state index contributed by atoms with van der Waals surface area (Å²) in [5.74, 6) is -0.499. The van der Waals surface area contributed by atoms with Crippen LogP contribution in [0.15, 0.2) is 30.5 Å². The molecule has 4 aromatic rings. The number of fused-ring (bicyclic) bond motifs is 2. The Morgan fingerprint density at radius 3 is 2.51 bits per heavy atom. The summed E-state index contributed by atoms with van der Waals surface area (Å²) >= 11 is 0. The average molecular weight is 672 g/mol. The number of hydrogen-bond donors (Lipinski definition) is 1. The molecule has 1 saturated carbocycles. The monoisotopic (exact) mass is 671 g/mol. The van der Waals surface area contributed by atoms with Gasteiger partial charge in [0.2, 0.25) is 0 Å². The molecule has 5 aliphatic rings. The number of aromatic nitrogens is 3. The number of rotatable bonds is 8. The van der Waals surface area contributed by atoms with E-state index in [0.717, 1.165) is 78.1 Å². The predicted molar refractivity (Wildman–Crippen MR) is 182 cm³/mol. The van der Waals surface area contributed by atoms with Crippen LogP contribution in [0.4, 0.5) is 14.6 Å². The third-order valence-electron chi connectivity index (χ3n) is 12.0. The maximum absolute atomic E-state index is 17.0. The van der Waals surface area contributed by atoms with Crippen LogP contribution >= 0.6 is 0 Å². The van der Waals surface area contributed by atoms with Gasteiger partial charge < -0.3 is 29.1 Å². The van der Waals surface area contributed by atoms with E-state index >= 15 is 8.78 Å². The zero-order valence-electron chi connectivity index (χ0n) is 28.1. The minimum absolute atomic E-state index is 0.000127. The summed E-state index contributed by atoms with van der Waals surface area (Å²) < 4.78 is 50.0.